The third-order valence-corrected chi connectivity index (χ3v) is 1.73. The summed E-state index contributed by atoms with van der Waals surface area (Å²) in [5.74, 6) is 0. The van der Waals surface area contributed by atoms with Crippen molar-refractivity contribution in [2.75, 3.05) is 0 Å². The summed E-state index contributed by atoms with van der Waals surface area (Å²) in [6.45, 7) is -0.913. The van der Waals surface area contributed by atoms with Crippen molar-refractivity contribution in [1.29, 1.82) is 0 Å². The molecule has 0 radical (unpaired) electrons. The highest BCUT2D eigenvalue weighted by atomic mass is 19.3. The van der Waals surface area contributed by atoms with Gasteiger partial charge in [-0.25, -0.2) is 0 Å². The van der Waals surface area contributed by atoms with Crippen molar-refractivity contribution in [2.45, 2.75) is 31.4 Å². The number of rotatable bonds is 4. The first-order valence-corrected chi connectivity index (χ1v) is 3.61. The lowest BCUT2D eigenvalue weighted by molar-refractivity contribution is -0.159. The van der Waals surface area contributed by atoms with Crippen LogP contribution in [0.3, 0.4) is 0 Å². The predicted molar refractivity (Wildman–Crippen MR) is 45.2 cm³/mol. The largest absolute Gasteiger partial charge is 0.344 e. The average Bonchev–Trinajstić information content (AvgIpc) is 1.83. The quantitative estimate of drug-likeness (QED) is 0.532. The van der Waals surface area contributed by atoms with Gasteiger partial charge >= 0.3 is 6.61 Å². The van der Waals surface area contributed by atoms with E-state index < -0.39 is 12.0 Å². The molecule has 0 rings (SSSR count). The number of alkyl halides is 2. The lowest BCUT2D eigenvalue weighted by atomic mass is 9.60. The van der Waals surface area contributed by atoms with E-state index in [1.807, 2.05) is 6.92 Å². The van der Waals surface area contributed by atoms with Crippen LogP contribution in [-0.4, -0.2) is 33.7 Å². The van der Waals surface area contributed by atoms with Crippen molar-refractivity contribution in [3.63, 3.8) is 0 Å². The van der Waals surface area contributed by atoms with Crippen molar-refractivity contribution in [3.05, 3.63) is 0 Å². The fourth-order valence-corrected chi connectivity index (χ4v) is 0.809. The Kier molecular flexibility index (Phi) is 4.03. The first kappa shape index (κ1) is 10.9. The molecule has 0 fully saturated rings. The molecule has 2 nitrogen and oxygen atoms in total. The molecule has 0 spiro atoms. The molecule has 0 aromatic rings. The van der Waals surface area contributed by atoms with E-state index in [0.717, 1.165) is 0 Å². The Morgan fingerprint density at radius 3 is 2.27 bits per heavy atom. The van der Waals surface area contributed by atoms with Crippen molar-refractivity contribution in [3.8, 4) is 0 Å². The highest BCUT2D eigenvalue weighted by Crippen LogP contribution is 2.12. The molecule has 0 aromatic heterocycles. The zero-order chi connectivity index (χ0) is 9.07. The summed E-state index contributed by atoms with van der Waals surface area (Å²) < 4.78 is 27.8. The minimum Gasteiger partial charge on any atom is -0.333 e. The molecule has 0 saturated heterocycles. The highest BCUT2D eigenvalue weighted by molar-refractivity contribution is 6.39. The van der Waals surface area contributed by atoms with Crippen LogP contribution in [0.15, 0.2) is 0 Å². The molecule has 0 bridgehead atoms. The summed E-state index contributed by atoms with van der Waals surface area (Å²) in [5, 5.41) is -0.942. The standard InChI is InChI=1S/C5H13B2F2NO/c1-2-3(10)5(6,7)11-4(8)9/h3-4H,2,6-7,10H2,1H3. The topological polar surface area (TPSA) is 35.2 Å². The van der Waals surface area contributed by atoms with Crippen LogP contribution in [0.4, 0.5) is 8.78 Å². The molecule has 2 N–H and O–H groups in total. The normalized spacial score (nSPS) is 15.4. The van der Waals surface area contributed by atoms with Crippen LogP contribution in [0.2, 0.25) is 0 Å². The second-order valence-corrected chi connectivity index (χ2v) is 3.00. The Morgan fingerprint density at radius 1 is 1.55 bits per heavy atom. The van der Waals surface area contributed by atoms with E-state index >= 15 is 0 Å². The van der Waals surface area contributed by atoms with Crippen LogP contribution in [-0.2, 0) is 4.74 Å². The van der Waals surface area contributed by atoms with Crippen LogP contribution in [0, 0.1) is 0 Å². The van der Waals surface area contributed by atoms with Gasteiger partial charge in [-0.05, 0) is 6.42 Å². The zero-order valence-electron chi connectivity index (χ0n) is 7.10. The molecule has 1 atom stereocenters. The summed E-state index contributed by atoms with van der Waals surface area (Å²) in [4.78, 5) is 0. The van der Waals surface area contributed by atoms with Crippen molar-refractivity contribution in [1.82, 2.24) is 0 Å². The predicted octanol–water partition coefficient (Wildman–Crippen LogP) is -1.12. The van der Waals surface area contributed by atoms with Crippen LogP contribution < -0.4 is 5.73 Å². The Morgan fingerprint density at radius 2 is 2.00 bits per heavy atom. The molecular formula is C5H13B2F2NO. The molecule has 0 aliphatic carbocycles. The van der Waals surface area contributed by atoms with Gasteiger partial charge in [0.25, 0.3) is 0 Å². The van der Waals surface area contributed by atoms with Crippen LogP contribution in [0.25, 0.3) is 0 Å². The molecule has 1 unspecified atom stereocenters. The van der Waals surface area contributed by atoms with Crippen LogP contribution >= 0.6 is 0 Å². The van der Waals surface area contributed by atoms with E-state index in [1.165, 1.54) is 0 Å². The minimum atomic E-state index is -2.75. The van der Waals surface area contributed by atoms with Crippen molar-refractivity contribution >= 4 is 15.7 Å². The third-order valence-electron chi connectivity index (χ3n) is 1.73. The van der Waals surface area contributed by atoms with E-state index in [0.29, 0.717) is 6.42 Å². The lowest BCUT2D eigenvalue weighted by Crippen LogP contribution is -2.51. The van der Waals surface area contributed by atoms with E-state index in [4.69, 9.17) is 5.73 Å². The molecule has 0 aliphatic rings. The zero-order valence-corrected chi connectivity index (χ0v) is 7.10. The monoisotopic (exact) mass is 163 g/mol. The van der Waals surface area contributed by atoms with E-state index in [1.54, 1.807) is 15.7 Å². The molecule has 64 valence electrons. The smallest absolute Gasteiger partial charge is 0.333 e. The van der Waals surface area contributed by atoms with E-state index in [-0.39, 0.29) is 6.04 Å². The molecular weight excluding hydrogens is 150 g/mol. The molecule has 0 heterocycles. The van der Waals surface area contributed by atoms with Crippen LogP contribution in [0.1, 0.15) is 13.3 Å². The Hall–Kier alpha value is -0.0901. The summed E-state index contributed by atoms with van der Waals surface area (Å²) in [5.41, 5.74) is 5.54. The molecule has 0 aliphatic heterocycles. The summed E-state index contributed by atoms with van der Waals surface area (Å²) >= 11 is 0. The van der Waals surface area contributed by atoms with E-state index in [2.05, 4.69) is 4.74 Å². The molecule has 6 heteroatoms. The molecule has 0 saturated carbocycles. The summed E-state index contributed by atoms with van der Waals surface area (Å²) in [6.07, 6.45) is 0.625. The Bertz CT molecular complexity index is 123. The van der Waals surface area contributed by atoms with Gasteiger partial charge in [-0.1, -0.05) is 6.92 Å². The highest BCUT2D eigenvalue weighted by Gasteiger charge is 2.28. The maximum Gasteiger partial charge on any atom is 0.344 e. The lowest BCUT2D eigenvalue weighted by Gasteiger charge is -2.30. The second kappa shape index (κ2) is 4.07. The van der Waals surface area contributed by atoms with Gasteiger partial charge in [-0.2, -0.15) is 8.78 Å². The van der Waals surface area contributed by atoms with Gasteiger partial charge in [0.1, 0.15) is 15.7 Å². The number of hydrogen-bond donors (Lipinski definition) is 1. The number of halogens is 2. The first-order chi connectivity index (χ1) is 4.90. The summed E-state index contributed by atoms with van der Waals surface area (Å²) in [7, 11) is 3.13. The molecule has 0 aromatic carbocycles. The first-order valence-electron chi connectivity index (χ1n) is 3.61. The minimum absolute atomic E-state index is 0.350. The SMILES string of the molecule is BC(B)(OC(F)F)C(N)CC. The Balaban J connectivity index is 3.98. The average molecular weight is 163 g/mol. The van der Waals surface area contributed by atoms with Gasteiger partial charge in [-0.15, -0.1) is 0 Å². The summed E-state index contributed by atoms with van der Waals surface area (Å²) in [6, 6.07) is -0.350. The van der Waals surface area contributed by atoms with Crippen molar-refractivity contribution in [2.24, 2.45) is 5.73 Å². The second-order valence-electron chi connectivity index (χ2n) is 3.00. The third kappa shape index (κ3) is 3.72. The van der Waals surface area contributed by atoms with Gasteiger partial charge in [0.15, 0.2) is 0 Å². The van der Waals surface area contributed by atoms with Crippen molar-refractivity contribution < 1.29 is 13.5 Å². The maximum atomic E-state index is 11.7. The number of nitrogens with two attached hydrogens (primary N) is 1. The molecule has 11 heavy (non-hydrogen) atoms. The number of hydrogen-bond acceptors (Lipinski definition) is 2. The fraction of sp³-hybridized carbons (Fsp3) is 1.00. The fourth-order valence-electron chi connectivity index (χ4n) is 0.809. The van der Waals surface area contributed by atoms with Gasteiger partial charge in [0.2, 0.25) is 0 Å². The van der Waals surface area contributed by atoms with E-state index in [9.17, 15) is 8.78 Å². The van der Waals surface area contributed by atoms with Crippen LogP contribution in [0.5, 0.6) is 0 Å². The van der Waals surface area contributed by atoms with Gasteiger partial charge in [0, 0.05) is 11.4 Å². The number of ether oxygens (including phenoxy) is 1. The van der Waals surface area contributed by atoms with Gasteiger partial charge < -0.3 is 10.5 Å². The molecule has 0 amide bonds. The maximum absolute atomic E-state index is 11.7. The van der Waals surface area contributed by atoms with Gasteiger partial charge in [0.05, 0.1) is 0 Å². The van der Waals surface area contributed by atoms with Gasteiger partial charge in [-0.3, -0.25) is 0 Å². The Labute approximate surface area is 67.3 Å².